The van der Waals surface area contributed by atoms with Crippen molar-refractivity contribution in [2.24, 2.45) is 0 Å². The molecule has 2 aromatic rings. The molecule has 2 nitrogen and oxygen atoms in total. The summed E-state index contributed by atoms with van der Waals surface area (Å²) in [7, 11) is 0. The number of benzene rings is 2. The molecule has 0 fully saturated rings. The first-order chi connectivity index (χ1) is 7.65. The van der Waals surface area contributed by atoms with Gasteiger partial charge in [0.25, 0.3) is 0 Å². The number of phenolic OH excluding ortho intramolecular Hbond substituents is 1. The van der Waals surface area contributed by atoms with Gasteiger partial charge in [0, 0.05) is 17.4 Å². The summed E-state index contributed by atoms with van der Waals surface area (Å²) >= 11 is 0. The molecule has 2 rings (SSSR count). The number of hydrogen-bond donors (Lipinski definition) is 2. The highest BCUT2D eigenvalue weighted by Crippen LogP contribution is 2.24. The Hall–Kier alpha value is -2.03. The predicted molar refractivity (Wildman–Crippen MR) is 62.5 cm³/mol. The van der Waals surface area contributed by atoms with Crippen molar-refractivity contribution in [2.45, 2.75) is 6.92 Å². The van der Waals surface area contributed by atoms with Crippen molar-refractivity contribution in [2.75, 3.05) is 5.32 Å². The molecular weight excluding hydrogens is 205 g/mol. The third-order valence-corrected chi connectivity index (χ3v) is 2.32. The van der Waals surface area contributed by atoms with Crippen LogP contribution in [-0.2, 0) is 0 Å². The molecule has 0 saturated heterocycles. The molecule has 3 heteroatoms. The summed E-state index contributed by atoms with van der Waals surface area (Å²) in [5.74, 6) is -0.0669. The van der Waals surface area contributed by atoms with Crippen molar-refractivity contribution in [1.29, 1.82) is 0 Å². The Morgan fingerprint density at radius 3 is 2.50 bits per heavy atom. The van der Waals surface area contributed by atoms with Gasteiger partial charge in [-0.15, -0.1) is 0 Å². The van der Waals surface area contributed by atoms with Gasteiger partial charge in [0.15, 0.2) is 0 Å². The van der Waals surface area contributed by atoms with Gasteiger partial charge in [0.1, 0.15) is 11.6 Å². The van der Waals surface area contributed by atoms with Crippen LogP contribution in [0.15, 0.2) is 42.5 Å². The van der Waals surface area contributed by atoms with Crippen LogP contribution in [0.3, 0.4) is 0 Å². The van der Waals surface area contributed by atoms with E-state index < -0.39 is 0 Å². The molecule has 0 aliphatic rings. The molecule has 0 saturated carbocycles. The molecule has 0 amide bonds. The molecule has 16 heavy (non-hydrogen) atoms. The fourth-order valence-corrected chi connectivity index (χ4v) is 1.42. The minimum Gasteiger partial charge on any atom is -0.508 e. The van der Waals surface area contributed by atoms with Gasteiger partial charge in [-0.25, -0.2) is 4.39 Å². The van der Waals surface area contributed by atoms with E-state index in [-0.39, 0.29) is 11.6 Å². The van der Waals surface area contributed by atoms with Crippen LogP contribution in [0.2, 0.25) is 0 Å². The van der Waals surface area contributed by atoms with E-state index in [9.17, 15) is 9.50 Å². The zero-order valence-electron chi connectivity index (χ0n) is 8.87. The van der Waals surface area contributed by atoms with Crippen molar-refractivity contribution in [3.05, 3.63) is 53.8 Å². The normalized spacial score (nSPS) is 10.1. The number of nitrogens with one attached hydrogen (secondary N) is 1. The molecule has 0 spiro atoms. The van der Waals surface area contributed by atoms with Gasteiger partial charge in [-0.2, -0.15) is 0 Å². The van der Waals surface area contributed by atoms with E-state index in [0.717, 1.165) is 11.3 Å². The van der Waals surface area contributed by atoms with Crippen molar-refractivity contribution in [3.63, 3.8) is 0 Å². The average molecular weight is 217 g/mol. The second-order valence-electron chi connectivity index (χ2n) is 3.64. The summed E-state index contributed by atoms with van der Waals surface area (Å²) in [5, 5.41) is 12.5. The molecule has 0 aliphatic heterocycles. The average Bonchev–Trinajstić information content (AvgIpc) is 2.24. The molecule has 0 heterocycles. The highest BCUT2D eigenvalue weighted by atomic mass is 19.1. The number of anilines is 2. The second kappa shape index (κ2) is 4.23. The Kier molecular flexibility index (Phi) is 2.77. The summed E-state index contributed by atoms with van der Waals surface area (Å²) < 4.78 is 12.9. The van der Waals surface area contributed by atoms with Crippen LogP contribution in [0.25, 0.3) is 0 Å². The van der Waals surface area contributed by atoms with E-state index in [1.807, 2.05) is 13.0 Å². The number of rotatable bonds is 2. The molecule has 0 aliphatic carbocycles. The Bertz CT molecular complexity index is 511. The number of phenols is 1. The topological polar surface area (TPSA) is 32.3 Å². The summed E-state index contributed by atoms with van der Waals surface area (Å²) in [6.45, 7) is 1.82. The summed E-state index contributed by atoms with van der Waals surface area (Å²) in [6.07, 6.45) is 0. The predicted octanol–water partition coefficient (Wildman–Crippen LogP) is 3.58. The van der Waals surface area contributed by atoms with Gasteiger partial charge in [0.2, 0.25) is 0 Å². The van der Waals surface area contributed by atoms with Gasteiger partial charge in [-0.3, -0.25) is 0 Å². The second-order valence-corrected chi connectivity index (χ2v) is 3.64. The van der Waals surface area contributed by atoms with Crippen LogP contribution in [0.1, 0.15) is 5.56 Å². The van der Waals surface area contributed by atoms with Crippen LogP contribution in [0.5, 0.6) is 5.75 Å². The molecular formula is C13H12FNO. The fourth-order valence-electron chi connectivity index (χ4n) is 1.42. The standard InChI is InChI=1S/C13H12FNO/c1-9-5-6-12(8-13(9)16)15-11-4-2-3-10(14)7-11/h2-8,15-16H,1H3. The maximum atomic E-state index is 12.9. The Morgan fingerprint density at radius 2 is 1.81 bits per heavy atom. The van der Waals surface area contributed by atoms with E-state index in [1.165, 1.54) is 12.1 Å². The van der Waals surface area contributed by atoms with E-state index in [1.54, 1.807) is 24.3 Å². The maximum Gasteiger partial charge on any atom is 0.125 e. The lowest BCUT2D eigenvalue weighted by Gasteiger charge is -2.07. The third-order valence-electron chi connectivity index (χ3n) is 2.32. The highest BCUT2D eigenvalue weighted by Gasteiger charge is 1.99. The van der Waals surface area contributed by atoms with Crippen LogP contribution in [0.4, 0.5) is 15.8 Å². The zero-order valence-corrected chi connectivity index (χ0v) is 8.87. The van der Waals surface area contributed by atoms with Crippen molar-refractivity contribution in [3.8, 4) is 5.75 Å². The lowest BCUT2D eigenvalue weighted by atomic mass is 10.2. The first kappa shape index (κ1) is 10.5. The van der Waals surface area contributed by atoms with Crippen molar-refractivity contribution < 1.29 is 9.50 Å². The molecule has 0 radical (unpaired) electrons. The van der Waals surface area contributed by atoms with Gasteiger partial charge in [-0.05, 0) is 36.8 Å². The number of aryl methyl sites for hydroxylation is 1. The first-order valence-corrected chi connectivity index (χ1v) is 4.97. The quantitative estimate of drug-likeness (QED) is 0.805. The molecule has 0 unspecified atom stereocenters. The van der Waals surface area contributed by atoms with Gasteiger partial charge >= 0.3 is 0 Å². The molecule has 2 aromatic carbocycles. The molecule has 0 atom stereocenters. The third kappa shape index (κ3) is 2.31. The smallest absolute Gasteiger partial charge is 0.125 e. The SMILES string of the molecule is Cc1ccc(Nc2cccc(F)c2)cc1O. The Labute approximate surface area is 93.4 Å². The summed E-state index contributed by atoms with van der Waals surface area (Å²) in [4.78, 5) is 0. The molecule has 0 bridgehead atoms. The lowest BCUT2D eigenvalue weighted by molar-refractivity contribution is 0.471. The van der Waals surface area contributed by atoms with Crippen LogP contribution >= 0.6 is 0 Å². The van der Waals surface area contributed by atoms with Crippen molar-refractivity contribution >= 4 is 11.4 Å². The zero-order chi connectivity index (χ0) is 11.5. The van der Waals surface area contributed by atoms with Crippen LogP contribution in [-0.4, -0.2) is 5.11 Å². The van der Waals surface area contributed by atoms with Gasteiger partial charge in [-0.1, -0.05) is 12.1 Å². The number of hydrogen-bond acceptors (Lipinski definition) is 2. The molecule has 82 valence electrons. The van der Waals surface area contributed by atoms with Crippen LogP contribution in [0, 0.1) is 12.7 Å². The molecule has 0 aromatic heterocycles. The maximum absolute atomic E-state index is 12.9. The fraction of sp³-hybridized carbons (Fsp3) is 0.0769. The van der Waals surface area contributed by atoms with Crippen molar-refractivity contribution in [1.82, 2.24) is 0 Å². The lowest BCUT2D eigenvalue weighted by Crippen LogP contribution is -1.90. The minimum absolute atomic E-state index is 0.224. The van der Waals surface area contributed by atoms with E-state index in [0.29, 0.717) is 5.69 Å². The number of halogens is 1. The Morgan fingerprint density at radius 1 is 1.06 bits per heavy atom. The molecule has 2 N–H and O–H groups in total. The van der Waals surface area contributed by atoms with Crippen LogP contribution < -0.4 is 5.32 Å². The summed E-state index contributed by atoms with van der Waals surface area (Å²) in [5.41, 5.74) is 2.20. The summed E-state index contributed by atoms with van der Waals surface area (Å²) in [6, 6.07) is 11.4. The minimum atomic E-state index is -0.290. The van der Waals surface area contributed by atoms with E-state index in [4.69, 9.17) is 0 Å². The van der Waals surface area contributed by atoms with Gasteiger partial charge in [0.05, 0.1) is 0 Å². The highest BCUT2D eigenvalue weighted by molar-refractivity contribution is 5.61. The number of aromatic hydroxyl groups is 1. The van der Waals surface area contributed by atoms with E-state index >= 15 is 0 Å². The van der Waals surface area contributed by atoms with E-state index in [2.05, 4.69) is 5.32 Å². The first-order valence-electron chi connectivity index (χ1n) is 4.97. The Balaban J connectivity index is 2.24. The monoisotopic (exact) mass is 217 g/mol. The largest absolute Gasteiger partial charge is 0.508 e. The van der Waals surface area contributed by atoms with Gasteiger partial charge < -0.3 is 10.4 Å².